The van der Waals surface area contributed by atoms with Gasteiger partial charge in [0, 0.05) is 19.1 Å². The lowest BCUT2D eigenvalue weighted by molar-refractivity contribution is 0.144. The molecule has 1 saturated carbocycles. The highest BCUT2D eigenvalue weighted by Gasteiger charge is 2.23. The first kappa shape index (κ1) is 12.4. The number of hydrogen-bond donors (Lipinski definition) is 1. The Bertz CT molecular complexity index is 197. The minimum absolute atomic E-state index is 0.747. The normalized spacial score (nSPS) is 37.5. The quantitative estimate of drug-likeness (QED) is 0.792. The van der Waals surface area contributed by atoms with Gasteiger partial charge < -0.3 is 10.2 Å². The zero-order valence-electron chi connectivity index (χ0n) is 11.0. The monoisotopic (exact) mass is 224 g/mol. The zero-order chi connectivity index (χ0) is 11.4. The van der Waals surface area contributed by atoms with E-state index in [1.165, 1.54) is 58.2 Å². The van der Waals surface area contributed by atoms with Gasteiger partial charge in [-0.3, -0.25) is 0 Å². The highest BCUT2D eigenvalue weighted by atomic mass is 15.2. The van der Waals surface area contributed by atoms with Crippen LogP contribution in [-0.4, -0.2) is 37.6 Å². The predicted octanol–water partition coefficient (Wildman–Crippen LogP) is 2.50. The molecule has 16 heavy (non-hydrogen) atoms. The van der Waals surface area contributed by atoms with Crippen molar-refractivity contribution in [1.82, 2.24) is 10.2 Å². The van der Waals surface area contributed by atoms with Crippen LogP contribution >= 0.6 is 0 Å². The second-order valence-corrected chi connectivity index (χ2v) is 6.01. The van der Waals surface area contributed by atoms with Crippen molar-refractivity contribution in [2.24, 2.45) is 11.8 Å². The van der Waals surface area contributed by atoms with E-state index in [9.17, 15) is 0 Å². The number of piperidine rings is 1. The van der Waals surface area contributed by atoms with E-state index in [0.29, 0.717) is 0 Å². The van der Waals surface area contributed by atoms with Crippen molar-refractivity contribution in [2.45, 2.75) is 51.5 Å². The molecule has 1 N–H and O–H groups in total. The van der Waals surface area contributed by atoms with Crippen molar-refractivity contribution in [3.63, 3.8) is 0 Å². The molecule has 0 aromatic heterocycles. The fourth-order valence-corrected chi connectivity index (χ4v) is 3.33. The van der Waals surface area contributed by atoms with Crippen LogP contribution in [0.2, 0.25) is 0 Å². The summed E-state index contributed by atoms with van der Waals surface area (Å²) in [4.78, 5) is 2.70. The predicted molar refractivity (Wildman–Crippen MR) is 69.6 cm³/mol. The molecule has 0 amide bonds. The van der Waals surface area contributed by atoms with Crippen molar-refractivity contribution in [3.8, 4) is 0 Å². The van der Waals surface area contributed by atoms with Crippen molar-refractivity contribution < 1.29 is 0 Å². The summed E-state index contributed by atoms with van der Waals surface area (Å²) in [7, 11) is 2.11. The Balaban J connectivity index is 1.72. The molecule has 2 aliphatic rings. The van der Waals surface area contributed by atoms with Gasteiger partial charge in [-0.05, 0) is 51.1 Å². The smallest absolute Gasteiger partial charge is 0.0192 e. The molecule has 1 heterocycles. The molecule has 2 heteroatoms. The molecule has 2 rings (SSSR count). The highest BCUT2D eigenvalue weighted by molar-refractivity contribution is 4.80. The molecule has 2 nitrogen and oxygen atoms in total. The maximum Gasteiger partial charge on any atom is 0.0192 e. The average Bonchev–Trinajstić information content (AvgIpc) is 2.32. The molecule has 1 aliphatic heterocycles. The number of hydrogen-bond acceptors (Lipinski definition) is 2. The van der Waals surface area contributed by atoms with Crippen LogP contribution < -0.4 is 5.32 Å². The van der Waals surface area contributed by atoms with Gasteiger partial charge >= 0.3 is 0 Å². The summed E-state index contributed by atoms with van der Waals surface area (Å²) in [5, 5.41) is 3.44. The van der Waals surface area contributed by atoms with Crippen molar-refractivity contribution >= 4 is 0 Å². The van der Waals surface area contributed by atoms with Gasteiger partial charge in [0.1, 0.15) is 0 Å². The van der Waals surface area contributed by atoms with Gasteiger partial charge in [-0.15, -0.1) is 0 Å². The molecule has 0 aromatic carbocycles. The second-order valence-electron chi connectivity index (χ2n) is 6.01. The van der Waals surface area contributed by atoms with Crippen molar-refractivity contribution in [1.29, 1.82) is 0 Å². The van der Waals surface area contributed by atoms with E-state index in [-0.39, 0.29) is 0 Å². The van der Waals surface area contributed by atoms with Crippen molar-refractivity contribution in [2.75, 3.05) is 26.7 Å². The maximum atomic E-state index is 3.44. The highest BCUT2D eigenvalue weighted by Crippen LogP contribution is 2.29. The minimum atomic E-state index is 0.747. The van der Waals surface area contributed by atoms with Crippen LogP contribution in [0.25, 0.3) is 0 Å². The van der Waals surface area contributed by atoms with Gasteiger partial charge in [-0.2, -0.15) is 0 Å². The van der Waals surface area contributed by atoms with E-state index in [4.69, 9.17) is 0 Å². The molecule has 2 fully saturated rings. The average molecular weight is 224 g/mol. The summed E-state index contributed by atoms with van der Waals surface area (Å²) in [6.45, 7) is 6.39. The first-order valence-corrected chi connectivity index (χ1v) is 7.17. The van der Waals surface area contributed by atoms with Crippen LogP contribution in [0.1, 0.15) is 45.4 Å². The van der Waals surface area contributed by atoms with Gasteiger partial charge in [-0.1, -0.05) is 19.8 Å². The van der Waals surface area contributed by atoms with Gasteiger partial charge in [-0.25, -0.2) is 0 Å². The Labute approximate surface area is 101 Å². The largest absolute Gasteiger partial charge is 0.316 e. The Morgan fingerprint density at radius 3 is 2.56 bits per heavy atom. The Morgan fingerprint density at radius 1 is 1.12 bits per heavy atom. The summed E-state index contributed by atoms with van der Waals surface area (Å²) in [6, 6.07) is 0.747. The number of likely N-dealkylation sites (N-methyl/N-ethyl adjacent to an activating group) is 1. The third-order valence-electron chi connectivity index (χ3n) is 4.57. The maximum absolute atomic E-state index is 3.44. The van der Waals surface area contributed by atoms with Gasteiger partial charge in [0.25, 0.3) is 0 Å². The first-order chi connectivity index (χ1) is 7.78. The number of nitrogens with one attached hydrogen (secondary N) is 1. The molecule has 1 aliphatic carbocycles. The van der Waals surface area contributed by atoms with E-state index < -0.39 is 0 Å². The topological polar surface area (TPSA) is 15.3 Å². The summed E-state index contributed by atoms with van der Waals surface area (Å²) < 4.78 is 0. The molecule has 0 aromatic rings. The standard InChI is InChI=1S/C14H28N2/c1-12-5-7-13(8-6-12)10-16-9-3-4-14(11-16)15-2/h12-15H,3-11H2,1-2H3. The van der Waals surface area contributed by atoms with E-state index in [1.54, 1.807) is 0 Å². The summed E-state index contributed by atoms with van der Waals surface area (Å²) >= 11 is 0. The molecule has 1 atom stereocenters. The Kier molecular flexibility index (Phi) is 4.66. The van der Waals surface area contributed by atoms with Crippen LogP contribution in [0.4, 0.5) is 0 Å². The molecule has 94 valence electrons. The molecular formula is C14H28N2. The Hall–Kier alpha value is -0.0800. The minimum Gasteiger partial charge on any atom is -0.316 e. The number of likely N-dealkylation sites (tertiary alicyclic amines) is 1. The van der Waals surface area contributed by atoms with Gasteiger partial charge in [0.15, 0.2) is 0 Å². The molecule has 0 spiro atoms. The lowest BCUT2D eigenvalue weighted by Gasteiger charge is -2.36. The third kappa shape index (κ3) is 3.46. The fourth-order valence-electron chi connectivity index (χ4n) is 3.33. The van der Waals surface area contributed by atoms with E-state index >= 15 is 0 Å². The fraction of sp³-hybridized carbons (Fsp3) is 1.00. The lowest BCUT2D eigenvalue weighted by atomic mass is 9.82. The van der Waals surface area contributed by atoms with E-state index in [1.807, 2.05) is 0 Å². The van der Waals surface area contributed by atoms with Crippen LogP contribution in [0.3, 0.4) is 0 Å². The SMILES string of the molecule is CNC1CCCN(CC2CCC(C)CC2)C1. The van der Waals surface area contributed by atoms with Gasteiger partial charge in [0.2, 0.25) is 0 Å². The number of nitrogens with zero attached hydrogens (tertiary/aromatic N) is 1. The Morgan fingerprint density at radius 2 is 1.88 bits per heavy atom. The van der Waals surface area contributed by atoms with E-state index in [0.717, 1.165) is 17.9 Å². The third-order valence-corrected chi connectivity index (χ3v) is 4.57. The molecular weight excluding hydrogens is 196 g/mol. The summed E-state index contributed by atoms with van der Waals surface area (Å²) in [6.07, 6.45) is 8.63. The van der Waals surface area contributed by atoms with E-state index in [2.05, 4.69) is 24.2 Å². The second kappa shape index (κ2) is 6.02. The molecule has 0 bridgehead atoms. The molecule has 0 radical (unpaired) electrons. The summed E-state index contributed by atoms with van der Waals surface area (Å²) in [5.41, 5.74) is 0. The summed E-state index contributed by atoms with van der Waals surface area (Å²) in [5.74, 6) is 1.98. The van der Waals surface area contributed by atoms with Gasteiger partial charge in [0.05, 0.1) is 0 Å². The van der Waals surface area contributed by atoms with Crippen LogP contribution in [0.5, 0.6) is 0 Å². The van der Waals surface area contributed by atoms with Crippen LogP contribution in [0, 0.1) is 11.8 Å². The first-order valence-electron chi connectivity index (χ1n) is 7.17. The zero-order valence-corrected chi connectivity index (χ0v) is 11.0. The molecule has 1 saturated heterocycles. The number of rotatable bonds is 3. The van der Waals surface area contributed by atoms with Crippen LogP contribution in [-0.2, 0) is 0 Å². The molecule has 1 unspecified atom stereocenters. The lowest BCUT2D eigenvalue weighted by Crippen LogP contribution is -2.46. The van der Waals surface area contributed by atoms with Crippen molar-refractivity contribution in [3.05, 3.63) is 0 Å². The van der Waals surface area contributed by atoms with Crippen LogP contribution in [0.15, 0.2) is 0 Å².